The van der Waals surface area contributed by atoms with Crippen molar-refractivity contribution < 1.29 is 18.0 Å². The van der Waals surface area contributed by atoms with E-state index in [0.717, 1.165) is 0 Å². The summed E-state index contributed by atoms with van der Waals surface area (Å²) < 4.78 is 35.7. The van der Waals surface area contributed by atoms with E-state index in [4.69, 9.17) is 0 Å². The lowest BCUT2D eigenvalue weighted by Gasteiger charge is -2.10. The molecule has 0 aromatic carbocycles. The minimum Gasteiger partial charge on any atom is -0.368 e. The van der Waals surface area contributed by atoms with Gasteiger partial charge in [0.25, 0.3) is 5.91 Å². The van der Waals surface area contributed by atoms with Gasteiger partial charge in [0.05, 0.1) is 6.42 Å². The Morgan fingerprint density at radius 1 is 1.33 bits per heavy atom. The first kappa shape index (κ1) is 14.2. The van der Waals surface area contributed by atoms with E-state index in [9.17, 15) is 18.0 Å². The van der Waals surface area contributed by atoms with Crippen LogP contribution in [0, 0.1) is 0 Å². The van der Waals surface area contributed by atoms with Gasteiger partial charge in [-0.05, 0) is 12.1 Å². The monoisotopic (exact) mass is 262 g/mol. The fraction of sp³-hybridized carbons (Fsp3) is 0.500. The van der Waals surface area contributed by atoms with E-state index in [1.54, 1.807) is 14.1 Å². The zero-order chi connectivity index (χ0) is 13.8. The number of nitrogens with one attached hydrogen (secondary N) is 1. The fourth-order valence-electron chi connectivity index (χ4n) is 1.10. The molecule has 0 radical (unpaired) electrons. The Morgan fingerprint density at radius 3 is 2.44 bits per heavy atom. The molecule has 1 aromatic rings. The minimum atomic E-state index is -4.21. The van der Waals surface area contributed by atoms with Gasteiger partial charge in [0, 0.05) is 20.6 Å². The van der Waals surface area contributed by atoms with E-state index < -0.39 is 12.6 Å². The lowest BCUT2D eigenvalue weighted by molar-refractivity contribution is -0.131. The van der Waals surface area contributed by atoms with E-state index in [0.29, 0.717) is 0 Å². The van der Waals surface area contributed by atoms with Crippen molar-refractivity contribution in [2.24, 2.45) is 0 Å². The van der Waals surface area contributed by atoms with E-state index >= 15 is 0 Å². The predicted octanol–water partition coefficient (Wildman–Crippen LogP) is 1.54. The molecule has 0 atom stereocenters. The molecular formula is C10H13F3N4O. The lowest BCUT2D eigenvalue weighted by atomic mass is 10.3. The topological polar surface area (TPSA) is 58.1 Å². The highest BCUT2D eigenvalue weighted by atomic mass is 19.4. The summed E-state index contributed by atoms with van der Waals surface area (Å²) in [5.74, 6) is -0.112. The highest BCUT2D eigenvalue weighted by Gasteiger charge is 2.26. The van der Waals surface area contributed by atoms with Gasteiger partial charge in [-0.3, -0.25) is 4.79 Å². The molecule has 100 valence electrons. The molecule has 0 unspecified atom stereocenters. The smallest absolute Gasteiger partial charge is 0.368 e. The fourth-order valence-corrected chi connectivity index (χ4v) is 1.10. The lowest BCUT2D eigenvalue weighted by Crippen LogP contribution is -2.23. The van der Waals surface area contributed by atoms with Crippen molar-refractivity contribution in [1.82, 2.24) is 15.1 Å². The van der Waals surface area contributed by atoms with Gasteiger partial charge in [-0.15, -0.1) is 10.2 Å². The Morgan fingerprint density at radius 2 is 2.00 bits per heavy atom. The highest BCUT2D eigenvalue weighted by Crippen LogP contribution is 2.19. The van der Waals surface area contributed by atoms with E-state index in [2.05, 4.69) is 15.5 Å². The Balaban J connectivity index is 2.53. The van der Waals surface area contributed by atoms with Crippen LogP contribution in [-0.4, -0.2) is 47.8 Å². The van der Waals surface area contributed by atoms with Gasteiger partial charge in [-0.2, -0.15) is 13.2 Å². The van der Waals surface area contributed by atoms with Crippen molar-refractivity contribution in [1.29, 1.82) is 0 Å². The minimum absolute atomic E-state index is 0.140. The van der Waals surface area contributed by atoms with Crippen LogP contribution < -0.4 is 5.32 Å². The first-order valence-electron chi connectivity index (χ1n) is 5.15. The number of carbonyl (C=O) groups excluding carboxylic acids is 1. The molecule has 0 aliphatic rings. The van der Waals surface area contributed by atoms with Gasteiger partial charge in [0.15, 0.2) is 5.69 Å². The Bertz CT molecular complexity index is 403. The molecule has 1 heterocycles. The third-order valence-corrected chi connectivity index (χ3v) is 2.00. The van der Waals surface area contributed by atoms with Crippen molar-refractivity contribution >= 4 is 11.7 Å². The van der Waals surface area contributed by atoms with Crippen molar-refractivity contribution in [2.45, 2.75) is 12.6 Å². The molecule has 0 aliphatic carbocycles. The quantitative estimate of drug-likeness (QED) is 0.894. The average Bonchev–Trinajstić information content (AvgIpc) is 2.27. The summed E-state index contributed by atoms with van der Waals surface area (Å²) in [5.41, 5.74) is 0.140. The van der Waals surface area contributed by atoms with Gasteiger partial charge in [-0.1, -0.05) is 0 Å². The number of halogens is 3. The summed E-state index contributed by atoms with van der Waals surface area (Å²) in [7, 11) is 3.14. The number of amides is 1. The van der Waals surface area contributed by atoms with Crippen LogP contribution in [-0.2, 0) is 0 Å². The van der Waals surface area contributed by atoms with E-state index in [-0.39, 0.29) is 24.0 Å². The van der Waals surface area contributed by atoms with Crippen molar-refractivity contribution in [2.75, 3.05) is 26.0 Å². The number of aromatic nitrogens is 2. The third kappa shape index (κ3) is 4.56. The molecule has 5 nitrogen and oxygen atoms in total. The average molecular weight is 262 g/mol. The molecule has 0 bridgehead atoms. The summed E-state index contributed by atoms with van der Waals surface area (Å²) in [5, 5.41) is 9.73. The number of carbonyl (C=O) groups is 1. The maximum absolute atomic E-state index is 11.9. The maximum atomic E-state index is 11.9. The Labute approximate surface area is 102 Å². The number of nitrogens with zero attached hydrogens (tertiary/aromatic N) is 3. The van der Waals surface area contributed by atoms with E-state index in [1.165, 1.54) is 17.0 Å². The summed E-state index contributed by atoms with van der Waals surface area (Å²) >= 11 is 0. The number of alkyl halides is 3. The largest absolute Gasteiger partial charge is 0.390 e. The summed E-state index contributed by atoms with van der Waals surface area (Å²) in [6.45, 7) is -0.279. The first-order chi connectivity index (χ1) is 8.29. The zero-order valence-corrected chi connectivity index (χ0v) is 9.95. The van der Waals surface area contributed by atoms with Crippen LogP contribution in [0.1, 0.15) is 16.9 Å². The third-order valence-electron chi connectivity index (χ3n) is 2.00. The van der Waals surface area contributed by atoms with Crippen LogP contribution in [0.3, 0.4) is 0 Å². The van der Waals surface area contributed by atoms with Crippen molar-refractivity contribution in [3.8, 4) is 0 Å². The van der Waals surface area contributed by atoms with Gasteiger partial charge in [-0.25, -0.2) is 0 Å². The number of anilines is 1. The molecule has 0 spiro atoms. The first-order valence-corrected chi connectivity index (χ1v) is 5.15. The number of rotatable bonds is 4. The molecular weight excluding hydrogens is 249 g/mol. The Hall–Kier alpha value is -1.86. The maximum Gasteiger partial charge on any atom is 0.390 e. The summed E-state index contributed by atoms with van der Waals surface area (Å²) in [6.07, 6.45) is -5.16. The molecule has 0 saturated carbocycles. The molecule has 8 heteroatoms. The van der Waals surface area contributed by atoms with Crippen molar-refractivity contribution in [3.05, 3.63) is 17.8 Å². The molecule has 18 heavy (non-hydrogen) atoms. The second kappa shape index (κ2) is 5.65. The van der Waals surface area contributed by atoms with Crippen LogP contribution in [0.5, 0.6) is 0 Å². The highest BCUT2D eigenvalue weighted by molar-refractivity contribution is 5.91. The second-order valence-corrected chi connectivity index (χ2v) is 3.80. The molecule has 1 N–H and O–H groups in total. The molecule has 0 aliphatic heterocycles. The second-order valence-electron chi connectivity index (χ2n) is 3.80. The molecule has 0 fully saturated rings. The van der Waals surface area contributed by atoms with Crippen LogP contribution in [0.2, 0.25) is 0 Å². The van der Waals surface area contributed by atoms with Gasteiger partial charge >= 0.3 is 6.18 Å². The van der Waals surface area contributed by atoms with Gasteiger partial charge in [0.2, 0.25) is 0 Å². The molecule has 1 aromatic heterocycles. The summed E-state index contributed by atoms with van der Waals surface area (Å²) in [4.78, 5) is 12.8. The van der Waals surface area contributed by atoms with Gasteiger partial charge in [0.1, 0.15) is 5.82 Å². The van der Waals surface area contributed by atoms with Crippen LogP contribution >= 0.6 is 0 Å². The summed E-state index contributed by atoms with van der Waals surface area (Å²) in [6, 6.07) is 2.82. The molecule has 1 rings (SSSR count). The molecule has 0 saturated heterocycles. The zero-order valence-electron chi connectivity index (χ0n) is 9.95. The van der Waals surface area contributed by atoms with Crippen LogP contribution in [0.4, 0.5) is 19.0 Å². The van der Waals surface area contributed by atoms with Crippen molar-refractivity contribution in [3.63, 3.8) is 0 Å². The predicted molar refractivity (Wildman–Crippen MR) is 59.2 cm³/mol. The Kier molecular flexibility index (Phi) is 4.46. The number of hydrogen-bond acceptors (Lipinski definition) is 4. The molecule has 1 amide bonds. The standard InChI is InChI=1S/C10H13F3N4O/c1-17(2)9(18)7-3-4-8(16-15-7)14-6-5-10(11,12)13/h3-4H,5-6H2,1-2H3,(H,14,16). The van der Waals surface area contributed by atoms with Crippen LogP contribution in [0.25, 0.3) is 0 Å². The van der Waals surface area contributed by atoms with Crippen LogP contribution in [0.15, 0.2) is 12.1 Å². The van der Waals surface area contributed by atoms with Gasteiger partial charge < -0.3 is 10.2 Å². The normalized spacial score (nSPS) is 11.2. The van der Waals surface area contributed by atoms with E-state index in [1.807, 2.05) is 0 Å². The SMILES string of the molecule is CN(C)C(=O)c1ccc(NCCC(F)(F)F)nn1. The number of hydrogen-bond donors (Lipinski definition) is 1.